The summed E-state index contributed by atoms with van der Waals surface area (Å²) in [6, 6.07) is 12.1. The van der Waals surface area contributed by atoms with Gasteiger partial charge < -0.3 is 9.64 Å². The molecule has 1 amide bonds. The Morgan fingerprint density at radius 3 is 2.68 bits per heavy atom. The molecule has 1 heterocycles. The van der Waals surface area contributed by atoms with Gasteiger partial charge in [-0.2, -0.15) is 0 Å². The molecule has 0 bridgehead atoms. The fraction of sp³-hybridized carbons (Fsp3) is 0.350. The summed E-state index contributed by atoms with van der Waals surface area (Å²) in [6.07, 6.45) is 2.51. The van der Waals surface area contributed by atoms with Gasteiger partial charge in [-0.05, 0) is 49.1 Å². The van der Waals surface area contributed by atoms with E-state index in [1.54, 1.807) is 11.0 Å². The van der Waals surface area contributed by atoms with E-state index in [0.29, 0.717) is 42.3 Å². The van der Waals surface area contributed by atoms with Crippen molar-refractivity contribution in [2.75, 3.05) is 25.1 Å². The molecule has 6 nitrogen and oxygen atoms in total. The number of nitrogens with one attached hydrogen (secondary N) is 1. The molecule has 0 atom stereocenters. The predicted octanol–water partition coefficient (Wildman–Crippen LogP) is 3.39. The van der Waals surface area contributed by atoms with Crippen LogP contribution < -0.4 is 14.4 Å². The first-order chi connectivity index (χ1) is 13.4. The monoisotopic (exact) mass is 422 g/mol. The van der Waals surface area contributed by atoms with Crippen LogP contribution in [-0.2, 0) is 21.2 Å². The molecule has 0 saturated carbocycles. The van der Waals surface area contributed by atoms with Gasteiger partial charge in [0.05, 0.1) is 17.7 Å². The second-order valence-electron chi connectivity index (χ2n) is 6.58. The molecule has 0 aromatic heterocycles. The molecule has 1 N–H and O–H groups in total. The molecule has 1 aliphatic rings. The highest BCUT2D eigenvalue weighted by molar-refractivity contribution is 7.89. The zero-order valence-electron chi connectivity index (χ0n) is 15.7. The SMILES string of the molecule is COc1ccc(S(=O)(=O)NCCCc2ccccc2Cl)cc1N1CCCC1=O. The second-order valence-corrected chi connectivity index (χ2v) is 8.75. The number of nitrogens with zero attached hydrogens (tertiary/aromatic N) is 1. The average Bonchev–Trinajstić information content (AvgIpc) is 3.11. The minimum absolute atomic E-state index is 0.0273. The molecule has 0 unspecified atom stereocenters. The van der Waals surface area contributed by atoms with Crippen LogP contribution in [0, 0.1) is 0 Å². The van der Waals surface area contributed by atoms with E-state index in [9.17, 15) is 13.2 Å². The maximum Gasteiger partial charge on any atom is 0.240 e. The summed E-state index contributed by atoms with van der Waals surface area (Å²) in [5.41, 5.74) is 1.48. The number of amides is 1. The number of aryl methyl sites for hydroxylation is 1. The molecule has 2 aromatic carbocycles. The number of sulfonamides is 1. The highest BCUT2D eigenvalue weighted by atomic mass is 35.5. The third-order valence-electron chi connectivity index (χ3n) is 4.70. The van der Waals surface area contributed by atoms with E-state index in [2.05, 4.69) is 4.72 Å². The summed E-state index contributed by atoms with van der Waals surface area (Å²) in [6.45, 7) is 0.849. The highest BCUT2D eigenvalue weighted by Gasteiger charge is 2.26. The Labute approximate surface area is 170 Å². The van der Waals surface area contributed by atoms with Crippen molar-refractivity contribution in [2.45, 2.75) is 30.6 Å². The lowest BCUT2D eigenvalue weighted by Gasteiger charge is -2.20. The standard InChI is InChI=1S/C20H23ClN2O4S/c1-27-19-11-10-16(14-18(19)23-13-5-9-20(23)24)28(25,26)22-12-4-7-15-6-2-3-8-17(15)21/h2-3,6,8,10-11,14,22H,4-5,7,9,12-13H2,1H3. The number of benzene rings is 2. The van der Waals surface area contributed by atoms with Crippen molar-refractivity contribution in [1.29, 1.82) is 0 Å². The van der Waals surface area contributed by atoms with Crippen molar-refractivity contribution >= 4 is 33.2 Å². The maximum absolute atomic E-state index is 12.7. The molecule has 0 aliphatic carbocycles. The number of methoxy groups -OCH3 is 1. The summed E-state index contributed by atoms with van der Waals surface area (Å²) >= 11 is 6.13. The van der Waals surface area contributed by atoms with Crippen LogP contribution in [0.2, 0.25) is 5.02 Å². The lowest BCUT2D eigenvalue weighted by molar-refractivity contribution is -0.117. The molecule has 150 valence electrons. The number of carbonyl (C=O) groups excluding carboxylic acids is 1. The zero-order valence-corrected chi connectivity index (χ0v) is 17.2. The summed E-state index contributed by atoms with van der Waals surface area (Å²) in [5.74, 6) is 0.452. The Hall–Kier alpha value is -2.09. The number of carbonyl (C=O) groups is 1. The van der Waals surface area contributed by atoms with Gasteiger partial charge in [0, 0.05) is 24.5 Å². The number of halogens is 1. The van der Waals surface area contributed by atoms with Gasteiger partial charge in [-0.25, -0.2) is 13.1 Å². The van der Waals surface area contributed by atoms with Crippen LogP contribution in [0.25, 0.3) is 0 Å². The topological polar surface area (TPSA) is 75.7 Å². The first-order valence-corrected chi connectivity index (χ1v) is 11.0. The first kappa shape index (κ1) is 20.6. The smallest absolute Gasteiger partial charge is 0.240 e. The van der Waals surface area contributed by atoms with Crippen molar-refractivity contribution in [3.8, 4) is 5.75 Å². The maximum atomic E-state index is 12.7. The number of hydrogen-bond donors (Lipinski definition) is 1. The van der Waals surface area contributed by atoms with Crippen LogP contribution in [0.15, 0.2) is 47.4 Å². The zero-order chi connectivity index (χ0) is 20.1. The quantitative estimate of drug-likeness (QED) is 0.661. The molecule has 8 heteroatoms. The van der Waals surface area contributed by atoms with E-state index >= 15 is 0 Å². The van der Waals surface area contributed by atoms with E-state index in [4.69, 9.17) is 16.3 Å². The molecule has 0 radical (unpaired) electrons. The van der Waals surface area contributed by atoms with Crippen LogP contribution in [0.1, 0.15) is 24.8 Å². The molecule has 3 rings (SSSR count). The summed E-state index contributed by atoms with van der Waals surface area (Å²) in [5, 5.41) is 0.681. The summed E-state index contributed by atoms with van der Waals surface area (Å²) < 4.78 is 33.3. The highest BCUT2D eigenvalue weighted by Crippen LogP contribution is 2.33. The minimum Gasteiger partial charge on any atom is -0.495 e. The number of hydrogen-bond acceptors (Lipinski definition) is 4. The Morgan fingerprint density at radius 1 is 1.21 bits per heavy atom. The van der Waals surface area contributed by atoms with Gasteiger partial charge in [0.15, 0.2) is 0 Å². The number of ether oxygens (including phenoxy) is 1. The van der Waals surface area contributed by atoms with Crippen molar-refractivity contribution in [1.82, 2.24) is 4.72 Å². The molecule has 2 aromatic rings. The Morgan fingerprint density at radius 2 is 2.00 bits per heavy atom. The Bertz CT molecular complexity index is 962. The molecular weight excluding hydrogens is 400 g/mol. The van der Waals surface area contributed by atoms with E-state index < -0.39 is 10.0 Å². The number of anilines is 1. The summed E-state index contributed by atoms with van der Waals surface area (Å²) in [4.78, 5) is 13.8. The number of rotatable bonds is 8. The van der Waals surface area contributed by atoms with Crippen LogP contribution in [0.3, 0.4) is 0 Å². The van der Waals surface area contributed by atoms with Gasteiger partial charge in [0.2, 0.25) is 15.9 Å². The van der Waals surface area contributed by atoms with Gasteiger partial charge in [-0.1, -0.05) is 29.8 Å². The van der Waals surface area contributed by atoms with Gasteiger partial charge in [-0.15, -0.1) is 0 Å². The fourth-order valence-corrected chi connectivity index (χ4v) is 4.54. The molecule has 1 fully saturated rings. The largest absolute Gasteiger partial charge is 0.495 e. The van der Waals surface area contributed by atoms with Gasteiger partial charge in [0.1, 0.15) is 5.75 Å². The molecule has 0 spiro atoms. The molecular formula is C20H23ClN2O4S. The minimum atomic E-state index is -3.70. The lowest BCUT2D eigenvalue weighted by Crippen LogP contribution is -2.27. The molecule has 28 heavy (non-hydrogen) atoms. The fourth-order valence-electron chi connectivity index (χ4n) is 3.22. The average molecular weight is 423 g/mol. The van der Waals surface area contributed by atoms with Crippen LogP contribution in [-0.4, -0.2) is 34.5 Å². The van der Waals surface area contributed by atoms with Crippen LogP contribution in [0.4, 0.5) is 5.69 Å². The summed E-state index contributed by atoms with van der Waals surface area (Å²) in [7, 11) is -2.20. The molecule has 1 aliphatic heterocycles. The van der Waals surface area contributed by atoms with Gasteiger partial charge in [0.25, 0.3) is 0 Å². The van der Waals surface area contributed by atoms with Crippen molar-refractivity contribution in [3.05, 3.63) is 53.1 Å². The lowest BCUT2D eigenvalue weighted by atomic mass is 10.1. The van der Waals surface area contributed by atoms with E-state index in [-0.39, 0.29) is 17.3 Å². The van der Waals surface area contributed by atoms with Gasteiger partial charge in [-0.3, -0.25) is 4.79 Å². The Balaban J connectivity index is 1.69. The van der Waals surface area contributed by atoms with Crippen LogP contribution >= 0.6 is 11.6 Å². The van der Waals surface area contributed by atoms with E-state index in [1.807, 2.05) is 24.3 Å². The van der Waals surface area contributed by atoms with Crippen LogP contribution in [0.5, 0.6) is 5.75 Å². The Kier molecular flexibility index (Phi) is 6.59. The molecule has 1 saturated heterocycles. The third kappa shape index (κ3) is 4.66. The second kappa shape index (κ2) is 8.94. The first-order valence-electron chi connectivity index (χ1n) is 9.14. The third-order valence-corrected chi connectivity index (χ3v) is 6.53. The normalized spacial score (nSPS) is 14.5. The van der Waals surface area contributed by atoms with Crippen molar-refractivity contribution in [2.24, 2.45) is 0 Å². The predicted molar refractivity (Wildman–Crippen MR) is 110 cm³/mol. The van der Waals surface area contributed by atoms with Gasteiger partial charge >= 0.3 is 0 Å². The van der Waals surface area contributed by atoms with Crippen molar-refractivity contribution < 1.29 is 17.9 Å². The van der Waals surface area contributed by atoms with E-state index in [0.717, 1.165) is 12.0 Å². The van der Waals surface area contributed by atoms with E-state index in [1.165, 1.54) is 19.2 Å². The van der Waals surface area contributed by atoms with Crippen molar-refractivity contribution in [3.63, 3.8) is 0 Å².